The average molecular weight is 473 g/mol. The van der Waals surface area contributed by atoms with Gasteiger partial charge in [0.25, 0.3) is 10.9 Å². The van der Waals surface area contributed by atoms with E-state index in [2.05, 4.69) is 20.6 Å². The fraction of sp³-hybridized carbons (Fsp3) is 0.200. The fourth-order valence-corrected chi connectivity index (χ4v) is 4.12. The molecular formula is C25H24N6O4. The van der Waals surface area contributed by atoms with Crippen molar-refractivity contribution >= 4 is 28.7 Å². The molecule has 0 spiro atoms. The number of nitrogens with zero attached hydrogens (tertiary/aromatic N) is 4. The van der Waals surface area contributed by atoms with Crippen molar-refractivity contribution in [1.82, 2.24) is 14.9 Å². The highest BCUT2D eigenvalue weighted by molar-refractivity contribution is 5.83. The van der Waals surface area contributed by atoms with Gasteiger partial charge in [0, 0.05) is 49.8 Å². The van der Waals surface area contributed by atoms with Crippen LogP contribution in [0.4, 0.5) is 28.7 Å². The van der Waals surface area contributed by atoms with Crippen molar-refractivity contribution in [2.75, 3.05) is 41.7 Å². The fourth-order valence-electron chi connectivity index (χ4n) is 4.12. The van der Waals surface area contributed by atoms with E-state index in [1.165, 1.54) is 0 Å². The standard InChI is InChI=1S/C25H24N6O4/c32-21-17(24(35)30-12-14-31(15-13-30)25-26-10-5-11-27-25)8-4-9-18(21)29-20-19(22(33)23(20)34)28-16-6-2-1-3-7-16/h1-11,24,28-29,32,35H,12-15H2. The van der Waals surface area contributed by atoms with Crippen LogP contribution in [-0.4, -0.2) is 51.3 Å². The van der Waals surface area contributed by atoms with E-state index in [4.69, 9.17) is 0 Å². The Bertz CT molecular complexity index is 1380. The van der Waals surface area contributed by atoms with E-state index in [9.17, 15) is 19.8 Å². The summed E-state index contributed by atoms with van der Waals surface area (Å²) in [6.07, 6.45) is 2.33. The van der Waals surface area contributed by atoms with Crippen molar-refractivity contribution in [3.8, 4) is 5.75 Å². The third-order valence-electron chi connectivity index (χ3n) is 6.05. The molecule has 0 saturated carbocycles. The Morgan fingerprint density at radius 2 is 1.46 bits per heavy atom. The summed E-state index contributed by atoms with van der Waals surface area (Å²) < 4.78 is 0. The molecule has 3 aromatic carbocycles. The molecule has 4 aromatic rings. The first kappa shape index (κ1) is 22.5. The van der Waals surface area contributed by atoms with Gasteiger partial charge >= 0.3 is 0 Å². The average Bonchev–Trinajstić information content (AvgIpc) is 2.92. The van der Waals surface area contributed by atoms with Crippen molar-refractivity contribution < 1.29 is 10.2 Å². The van der Waals surface area contributed by atoms with Crippen LogP contribution in [0.25, 0.3) is 0 Å². The zero-order valence-electron chi connectivity index (χ0n) is 18.8. The minimum absolute atomic E-state index is 0.0669. The lowest BCUT2D eigenvalue weighted by molar-refractivity contribution is -0.00321. The van der Waals surface area contributed by atoms with Gasteiger partial charge in [-0.05, 0) is 24.3 Å². The van der Waals surface area contributed by atoms with E-state index >= 15 is 0 Å². The molecule has 1 aliphatic heterocycles. The van der Waals surface area contributed by atoms with Crippen LogP contribution in [-0.2, 0) is 0 Å². The number of aromatic nitrogens is 2. The number of hydrogen-bond acceptors (Lipinski definition) is 10. The van der Waals surface area contributed by atoms with E-state index in [1.807, 2.05) is 28.0 Å². The molecule has 10 heteroatoms. The summed E-state index contributed by atoms with van der Waals surface area (Å²) >= 11 is 0. The SMILES string of the molecule is O=c1c(Nc2ccccc2)c(Nc2cccc(C(O)N3CCN(c4ncccn4)CC3)c2O)c1=O. The summed E-state index contributed by atoms with van der Waals surface area (Å²) in [6.45, 7) is 2.33. The van der Waals surface area contributed by atoms with Gasteiger partial charge in [0.2, 0.25) is 5.95 Å². The molecular weight excluding hydrogens is 448 g/mol. The monoisotopic (exact) mass is 472 g/mol. The molecule has 0 aliphatic carbocycles. The maximum absolute atomic E-state index is 12.2. The number of nitrogens with one attached hydrogen (secondary N) is 2. The quantitative estimate of drug-likeness (QED) is 0.234. The Balaban J connectivity index is 1.31. The minimum Gasteiger partial charge on any atom is -0.505 e. The van der Waals surface area contributed by atoms with Crippen LogP contribution < -0.4 is 26.4 Å². The lowest BCUT2D eigenvalue weighted by atomic mass is 10.1. The molecule has 2 heterocycles. The molecule has 178 valence electrons. The summed E-state index contributed by atoms with van der Waals surface area (Å²) in [6, 6.07) is 15.7. The first-order valence-electron chi connectivity index (χ1n) is 11.2. The molecule has 1 fully saturated rings. The summed E-state index contributed by atoms with van der Waals surface area (Å²) in [5.74, 6) is 0.455. The largest absolute Gasteiger partial charge is 0.505 e. The first-order valence-corrected chi connectivity index (χ1v) is 11.2. The number of aliphatic hydroxyl groups is 1. The summed E-state index contributed by atoms with van der Waals surface area (Å²) in [4.78, 5) is 36.8. The Hall–Kier alpha value is -4.28. The van der Waals surface area contributed by atoms with E-state index in [0.29, 0.717) is 43.4 Å². The molecule has 4 N–H and O–H groups in total. The Kier molecular flexibility index (Phi) is 6.13. The van der Waals surface area contributed by atoms with Crippen molar-refractivity contribution in [1.29, 1.82) is 0 Å². The van der Waals surface area contributed by atoms with Gasteiger partial charge in [-0.1, -0.05) is 30.3 Å². The van der Waals surface area contributed by atoms with Crippen molar-refractivity contribution in [3.63, 3.8) is 0 Å². The van der Waals surface area contributed by atoms with Gasteiger partial charge in [-0.2, -0.15) is 0 Å². The normalized spacial score (nSPS) is 15.2. The van der Waals surface area contributed by atoms with Crippen LogP contribution in [0.5, 0.6) is 5.75 Å². The summed E-state index contributed by atoms with van der Waals surface area (Å²) in [5.41, 5.74) is 0.0799. The second-order valence-corrected chi connectivity index (χ2v) is 8.21. The van der Waals surface area contributed by atoms with Crippen molar-refractivity contribution in [2.45, 2.75) is 6.23 Å². The number of rotatable bonds is 7. The highest BCUT2D eigenvalue weighted by Crippen LogP contribution is 2.36. The van der Waals surface area contributed by atoms with Gasteiger partial charge in [-0.15, -0.1) is 0 Å². The van der Waals surface area contributed by atoms with Crippen LogP contribution in [0.1, 0.15) is 11.8 Å². The van der Waals surface area contributed by atoms with E-state index in [1.54, 1.807) is 48.8 Å². The zero-order chi connectivity index (χ0) is 24.4. The van der Waals surface area contributed by atoms with Gasteiger partial charge < -0.3 is 25.7 Å². The predicted molar refractivity (Wildman–Crippen MR) is 133 cm³/mol. The Morgan fingerprint density at radius 1 is 0.800 bits per heavy atom. The van der Waals surface area contributed by atoms with Crippen molar-refractivity contribution in [3.05, 3.63) is 93.0 Å². The second kappa shape index (κ2) is 9.53. The molecule has 0 bridgehead atoms. The molecule has 1 saturated heterocycles. The second-order valence-electron chi connectivity index (χ2n) is 8.21. The maximum atomic E-state index is 12.2. The minimum atomic E-state index is -1.05. The summed E-state index contributed by atoms with van der Waals surface area (Å²) in [5, 5.41) is 27.7. The molecule has 1 unspecified atom stereocenters. The molecule has 1 atom stereocenters. The number of anilines is 5. The lowest BCUT2D eigenvalue weighted by Gasteiger charge is -2.37. The first-order chi connectivity index (χ1) is 17.0. The lowest BCUT2D eigenvalue weighted by Crippen LogP contribution is -2.48. The van der Waals surface area contributed by atoms with Gasteiger partial charge in [-0.25, -0.2) is 9.97 Å². The number of phenols is 1. The van der Waals surface area contributed by atoms with Gasteiger partial charge in [0.1, 0.15) is 23.4 Å². The van der Waals surface area contributed by atoms with E-state index < -0.39 is 17.1 Å². The Morgan fingerprint density at radius 3 is 2.14 bits per heavy atom. The predicted octanol–water partition coefficient (Wildman–Crippen LogP) is 2.08. The van der Waals surface area contributed by atoms with Crippen LogP contribution >= 0.6 is 0 Å². The number of hydrogen-bond donors (Lipinski definition) is 4. The number of piperazine rings is 1. The number of para-hydroxylation sites is 2. The number of aliphatic hydroxyl groups excluding tert-OH is 1. The topological polar surface area (TPSA) is 131 Å². The Labute approximate surface area is 200 Å². The molecule has 35 heavy (non-hydrogen) atoms. The molecule has 10 nitrogen and oxygen atoms in total. The van der Waals surface area contributed by atoms with Crippen LogP contribution in [0.2, 0.25) is 0 Å². The molecule has 0 amide bonds. The van der Waals surface area contributed by atoms with Crippen LogP contribution in [0.3, 0.4) is 0 Å². The smallest absolute Gasteiger partial charge is 0.253 e. The zero-order valence-corrected chi connectivity index (χ0v) is 18.8. The van der Waals surface area contributed by atoms with Crippen LogP contribution in [0.15, 0.2) is 76.6 Å². The van der Waals surface area contributed by atoms with E-state index in [-0.39, 0.29) is 22.8 Å². The molecule has 0 radical (unpaired) electrons. The molecule has 1 aromatic heterocycles. The van der Waals surface area contributed by atoms with E-state index in [0.717, 1.165) is 0 Å². The number of phenolic OH excluding ortho intramolecular Hbond substituents is 1. The van der Waals surface area contributed by atoms with Gasteiger partial charge in [-0.3, -0.25) is 14.5 Å². The van der Waals surface area contributed by atoms with Crippen molar-refractivity contribution in [2.24, 2.45) is 0 Å². The van der Waals surface area contributed by atoms with Crippen LogP contribution in [0, 0.1) is 0 Å². The van der Waals surface area contributed by atoms with Gasteiger partial charge in [0.15, 0.2) is 0 Å². The molecule has 1 aliphatic rings. The third kappa shape index (κ3) is 4.44. The number of benzene rings is 2. The number of aromatic hydroxyl groups is 1. The third-order valence-corrected chi connectivity index (χ3v) is 6.05. The van der Waals surface area contributed by atoms with Gasteiger partial charge in [0.05, 0.1) is 5.69 Å². The highest BCUT2D eigenvalue weighted by atomic mass is 16.3. The molecule has 5 rings (SSSR count). The summed E-state index contributed by atoms with van der Waals surface area (Å²) in [7, 11) is 0. The highest BCUT2D eigenvalue weighted by Gasteiger charge is 2.28. The maximum Gasteiger partial charge on any atom is 0.253 e.